The summed E-state index contributed by atoms with van der Waals surface area (Å²) in [5.41, 5.74) is 4.14. The first kappa shape index (κ1) is 3.53. The maximum absolute atomic E-state index is 6.06. The molecule has 0 aliphatic heterocycles. The number of nitrogens with two attached hydrogens (primary N) is 1. The summed E-state index contributed by atoms with van der Waals surface area (Å²) in [7, 11) is 4.47. The topological polar surface area (TPSA) is 49.9 Å². The molecule has 0 saturated carbocycles. The summed E-state index contributed by atoms with van der Waals surface area (Å²) in [6.07, 6.45) is 0. The van der Waals surface area contributed by atoms with Crippen molar-refractivity contribution in [2.45, 2.75) is 0 Å². The number of hydrogen-bond donors (Lipinski definition) is 2. The molecule has 0 atom stereocenters. The van der Waals surface area contributed by atoms with E-state index >= 15 is 0 Å². The van der Waals surface area contributed by atoms with E-state index in [0.717, 1.165) is 0 Å². The number of amidine groups is 1. The van der Waals surface area contributed by atoms with Gasteiger partial charge in [0.25, 0.3) is 0 Å². The van der Waals surface area contributed by atoms with Crippen molar-refractivity contribution in [3.8, 4) is 0 Å². The predicted octanol–water partition coefficient (Wildman–Crippen LogP) is -0.952. The molecule has 0 aromatic heterocycles. The van der Waals surface area contributed by atoms with Crippen molar-refractivity contribution in [3.63, 3.8) is 0 Å². The van der Waals surface area contributed by atoms with Gasteiger partial charge in [-0.1, -0.05) is 0 Å². The van der Waals surface area contributed by atoms with Gasteiger partial charge in [0.05, 0.1) is 0 Å². The first-order chi connectivity index (χ1) is 1.73. The van der Waals surface area contributed by atoms with Gasteiger partial charge in [-0.2, -0.15) is 0 Å². The van der Waals surface area contributed by atoms with Crippen LogP contribution in [0.5, 0.6) is 0 Å². The summed E-state index contributed by atoms with van der Waals surface area (Å²) in [6.45, 7) is 0. The zero-order valence-electron chi connectivity index (χ0n) is 2.15. The van der Waals surface area contributed by atoms with Gasteiger partial charge < -0.3 is 11.1 Å². The van der Waals surface area contributed by atoms with Crippen molar-refractivity contribution in [3.05, 3.63) is 0 Å². The van der Waals surface area contributed by atoms with E-state index in [2.05, 4.69) is 13.6 Å². The van der Waals surface area contributed by atoms with Gasteiger partial charge in [0.1, 0.15) is 0 Å². The van der Waals surface area contributed by atoms with Crippen molar-refractivity contribution in [1.29, 1.82) is 5.41 Å². The molecule has 0 aromatic carbocycles. The normalized spacial score (nSPS) is 6.00. The summed E-state index contributed by atoms with van der Waals surface area (Å²) >= 11 is 0. The zero-order valence-corrected chi connectivity index (χ0v) is 2.15. The summed E-state index contributed by atoms with van der Waals surface area (Å²) < 4.78 is 0. The molecule has 0 saturated heterocycles. The van der Waals surface area contributed by atoms with Crippen LogP contribution in [0.15, 0.2) is 0 Å². The maximum atomic E-state index is 6.06. The molecule has 0 amide bonds. The van der Waals surface area contributed by atoms with Crippen LogP contribution in [0.1, 0.15) is 0 Å². The molecule has 0 spiro atoms. The van der Waals surface area contributed by atoms with Gasteiger partial charge in [-0.05, 0) is 0 Å². The highest BCUT2D eigenvalue weighted by Crippen LogP contribution is 1.23. The lowest BCUT2D eigenvalue weighted by Gasteiger charge is -1.67. The second kappa shape index (κ2) is 0.929. The van der Waals surface area contributed by atoms with Crippen LogP contribution < -0.4 is 5.73 Å². The molecule has 0 aromatic rings. The third kappa shape index (κ3) is 2.03. The quantitative estimate of drug-likeness (QED) is 0.209. The maximum Gasteiger partial charge on any atom is 0.165 e. The molecular formula is CH3BN2. The van der Waals surface area contributed by atoms with Crippen LogP contribution in [0.2, 0.25) is 0 Å². The molecule has 2 radical (unpaired) electrons. The molecule has 0 aliphatic rings. The van der Waals surface area contributed by atoms with Crippen LogP contribution in [0.25, 0.3) is 0 Å². The first-order valence-corrected chi connectivity index (χ1v) is 0.827. The van der Waals surface area contributed by atoms with E-state index in [-0.39, 0.29) is 5.73 Å². The fourth-order valence-electron chi connectivity index (χ4n) is 0. The van der Waals surface area contributed by atoms with E-state index < -0.39 is 0 Å². The lowest BCUT2D eigenvalue weighted by molar-refractivity contribution is 1.50. The molecule has 0 bridgehead atoms. The van der Waals surface area contributed by atoms with Crippen LogP contribution in [0, 0.1) is 5.41 Å². The molecular weight excluding hydrogens is 50.8 g/mol. The van der Waals surface area contributed by atoms with Crippen LogP contribution in [0.4, 0.5) is 0 Å². The Hall–Kier alpha value is -0.465. The Bertz CT molecular complexity index is 29.0. The Kier molecular flexibility index (Phi) is 0.821. The zero-order chi connectivity index (χ0) is 3.58. The third-order valence-electron chi connectivity index (χ3n) is 0. The fourth-order valence-corrected chi connectivity index (χ4v) is 0. The highest BCUT2D eigenvalue weighted by atomic mass is 14.6. The fraction of sp³-hybridized carbons (Fsp3) is 0. The van der Waals surface area contributed by atoms with Gasteiger partial charge in [0, 0.05) is 5.73 Å². The first-order valence-electron chi connectivity index (χ1n) is 0.827. The minimum Gasteiger partial charge on any atom is -0.397 e. The smallest absolute Gasteiger partial charge is 0.165 e. The van der Waals surface area contributed by atoms with Gasteiger partial charge in [-0.25, -0.2) is 0 Å². The predicted molar refractivity (Wildman–Crippen MR) is 17.7 cm³/mol. The van der Waals surface area contributed by atoms with E-state index in [0.29, 0.717) is 0 Å². The molecule has 0 rings (SSSR count). The summed E-state index contributed by atoms with van der Waals surface area (Å²) in [5, 5.41) is 6.06. The Labute approximate surface area is 25.9 Å². The number of hydrogen-bond acceptors (Lipinski definition) is 1. The van der Waals surface area contributed by atoms with E-state index in [1.807, 2.05) is 0 Å². The largest absolute Gasteiger partial charge is 0.397 e. The van der Waals surface area contributed by atoms with Crippen LogP contribution in [-0.4, -0.2) is 13.6 Å². The molecule has 4 heavy (non-hydrogen) atoms. The lowest BCUT2D eigenvalue weighted by atomic mass is 10.1. The third-order valence-corrected chi connectivity index (χ3v) is 0. The Morgan fingerprint density at radius 3 is 2.00 bits per heavy atom. The monoisotopic (exact) mass is 54.0 g/mol. The molecule has 0 unspecified atom stereocenters. The molecule has 2 nitrogen and oxygen atoms in total. The Balaban J connectivity index is 2.80. The van der Waals surface area contributed by atoms with E-state index in [4.69, 9.17) is 5.41 Å². The van der Waals surface area contributed by atoms with Crippen LogP contribution >= 0.6 is 0 Å². The summed E-state index contributed by atoms with van der Waals surface area (Å²) in [5.74, 6) is 0. The minimum atomic E-state index is -0.333. The molecule has 20 valence electrons. The second-order valence-electron chi connectivity index (χ2n) is 0.455. The number of nitrogens with one attached hydrogen (secondary N) is 1. The van der Waals surface area contributed by atoms with Gasteiger partial charge >= 0.3 is 0 Å². The minimum absolute atomic E-state index is 0.333. The van der Waals surface area contributed by atoms with Gasteiger partial charge in [-0.15, -0.1) is 0 Å². The van der Waals surface area contributed by atoms with Crippen LogP contribution in [-0.2, 0) is 0 Å². The molecule has 0 aliphatic carbocycles. The second-order valence-corrected chi connectivity index (χ2v) is 0.455. The van der Waals surface area contributed by atoms with Crippen molar-refractivity contribution < 1.29 is 0 Å². The average molecular weight is 53.9 g/mol. The highest BCUT2D eigenvalue weighted by molar-refractivity contribution is 6.57. The molecule has 0 fully saturated rings. The standard InChI is InChI=1S/CH3BN2/c2-1(3)4/h(H3,3,4). The molecule has 0 heterocycles. The highest BCUT2D eigenvalue weighted by Gasteiger charge is 1.54. The summed E-state index contributed by atoms with van der Waals surface area (Å²) in [6, 6.07) is 0. The molecule has 3 heteroatoms. The van der Waals surface area contributed by atoms with Crippen molar-refractivity contribution >= 4 is 13.6 Å². The van der Waals surface area contributed by atoms with Gasteiger partial charge in [0.15, 0.2) is 7.85 Å². The Morgan fingerprint density at radius 2 is 2.00 bits per heavy atom. The van der Waals surface area contributed by atoms with Crippen LogP contribution in [0.3, 0.4) is 0 Å². The van der Waals surface area contributed by atoms with E-state index in [1.54, 1.807) is 0 Å². The van der Waals surface area contributed by atoms with Crippen molar-refractivity contribution in [1.82, 2.24) is 0 Å². The SMILES string of the molecule is [B]C(=N)N. The van der Waals surface area contributed by atoms with Gasteiger partial charge in [0.2, 0.25) is 0 Å². The summed E-state index contributed by atoms with van der Waals surface area (Å²) in [4.78, 5) is 0. The van der Waals surface area contributed by atoms with Crippen molar-refractivity contribution in [2.75, 3.05) is 0 Å². The molecule has 3 N–H and O–H groups in total. The van der Waals surface area contributed by atoms with Crippen molar-refractivity contribution in [2.24, 2.45) is 5.73 Å². The average Bonchev–Trinajstić information content (AvgIpc) is 0.811. The van der Waals surface area contributed by atoms with Gasteiger partial charge in [-0.3, -0.25) is 0 Å². The van der Waals surface area contributed by atoms with E-state index in [9.17, 15) is 0 Å². The lowest BCUT2D eigenvalue weighted by Crippen LogP contribution is -2.06. The number of rotatable bonds is 0. The van der Waals surface area contributed by atoms with E-state index in [1.165, 1.54) is 0 Å². The Morgan fingerprint density at radius 1 is 2.00 bits per heavy atom.